The molecule has 0 atom stereocenters. The Balaban J connectivity index is 1.78. The number of aromatic nitrogens is 2. The number of benzene rings is 1. The normalized spacial score (nSPS) is 10.7. The van der Waals surface area contributed by atoms with Gasteiger partial charge in [0.1, 0.15) is 0 Å². The van der Waals surface area contributed by atoms with Gasteiger partial charge in [-0.2, -0.15) is 0 Å². The van der Waals surface area contributed by atoms with E-state index in [2.05, 4.69) is 15.3 Å². The van der Waals surface area contributed by atoms with E-state index in [0.717, 1.165) is 22.2 Å². The third-order valence-corrected chi connectivity index (χ3v) is 3.38. The SMILES string of the molecule is Cc1ccc(CNC(=O)c2c[nH]c3ccc(N)cc23)cn1. The number of H-pyrrole nitrogens is 1. The van der Waals surface area contributed by atoms with E-state index in [9.17, 15) is 4.79 Å². The van der Waals surface area contributed by atoms with Crippen LogP contribution in [0.3, 0.4) is 0 Å². The Hall–Kier alpha value is -2.82. The highest BCUT2D eigenvalue weighted by molar-refractivity contribution is 6.07. The van der Waals surface area contributed by atoms with E-state index in [0.29, 0.717) is 17.8 Å². The number of fused-ring (bicyclic) bond motifs is 1. The van der Waals surface area contributed by atoms with Crippen molar-refractivity contribution in [1.29, 1.82) is 0 Å². The van der Waals surface area contributed by atoms with Crippen LogP contribution in [-0.2, 0) is 6.54 Å². The smallest absolute Gasteiger partial charge is 0.253 e. The summed E-state index contributed by atoms with van der Waals surface area (Å²) in [6, 6.07) is 9.35. The van der Waals surface area contributed by atoms with Gasteiger partial charge in [0.25, 0.3) is 5.91 Å². The van der Waals surface area contributed by atoms with Crippen molar-refractivity contribution in [3.8, 4) is 0 Å². The number of amides is 1. The van der Waals surface area contributed by atoms with E-state index in [1.807, 2.05) is 25.1 Å². The number of carbonyl (C=O) groups is 1. The zero-order valence-electron chi connectivity index (χ0n) is 11.7. The maximum Gasteiger partial charge on any atom is 0.253 e. The Bertz CT molecular complexity index is 790. The number of hydrogen-bond donors (Lipinski definition) is 3. The summed E-state index contributed by atoms with van der Waals surface area (Å²) in [4.78, 5) is 19.6. The van der Waals surface area contributed by atoms with Gasteiger partial charge >= 0.3 is 0 Å². The van der Waals surface area contributed by atoms with Crippen LogP contribution >= 0.6 is 0 Å². The molecule has 0 aliphatic carbocycles. The van der Waals surface area contributed by atoms with E-state index in [1.165, 1.54) is 0 Å². The van der Waals surface area contributed by atoms with E-state index in [4.69, 9.17) is 5.73 Å². The molecule has 5 nitrogen and oxygen atoms in total. The van der Waals surface area contributed by atoms with Gasteiger partial charge in [0, 0.05) is 41.2 Å². The summed E-state index contributed by atoms with van der Waals surface area (Å²) in [6.45, 7) is 2.37. The lowest BCUT2D eigenvalue weighted by Crippen LogP contribution is -2.22. The fourth-order valence-electron chi connectivity index (χ4n) is 2.21. The summed E-state index contributed by atoms with van der Waals surface area (Å²) < 4.78 is 0. The Kier molecular flexibility index (Phi) is 3.31. The van der Waals surface area contributed by atoms with Crippen LogP contribution < -0.4 is 11.1 Å². The lowest BCUT2D eigenvalue weighted by atomic mass is 10.1. The lowest BCUT2D eigenvalue weighted by molar-refractivity contribution is 0.0952. The average molecular weight is 280 g/mol. The van der Waals surface area contributed by atoms with Crippen LogP contribution in [0.2, 0.25) is 0 Å². The summed E-state index contributed by atoms with van der Waals surface area (Å²) in [5.41, 5.74) is 9.83. The van der Waals surface area contributed by atoms with Gasteiger partial charge in [-0.3, -0.25) is 9.78 Å². The van der Waals surface area contributed by atoms with Crippen LogP contribution in [0.25, 0.3) is 10.9 Å². The summed E-state index contributed by atoms with van der Waals surface area (Å²) in [6.07, 6.45) is 3.47. The number of rotatable bonds is 3. The van der Waals surface area contributed by atoms with E-state index >= 15 is 0 Å². The minimum atomic E-state index is -0.132. The van der Waals surface area contributed by atoms with Crippen molar-refractivity contribution >= 4 is 22.5 Å². The molecule has 3 rings (SSSR count). The second kappa shape index (κ2) is 5.28. The van der Waals surface area contributed by atoms with Crippen LogP contribution in [-0.4, -0.2) is 15.9 Å². The predicted octanol–water partition coefficient (Wildman–Crippen LogP) is 2.38. The van der Waals surface area contributed by atoms with Gasteiger partial charge in [-0.1, -0.05) is 6.07 Å². The largest absolute Gasteiger partial charge is 0.399 e. The minimum Gasteiger partial charge on any atom is -0.399 e. The number of pyridine rings is 1. The van der Waals surface area contributed by atoms with Crippen LogP contribution in [0.15, 0.2) is 42.7 Å². The molecule has 4 N–H and O–H groups in total. The van der Waals surface area contributed by atoms with Crippen molar-refractivity contribution in [2.24, 2.45) is 0 Å². The molecule has 0 fully saturated rings. The topological polar surface area (TPSA) is 83.8 Å². The minimum absolute atomic E-state index is 0.132. The molecule has 0 radical (unpaired) electrons. The number of carbonyl (C=O) groups excluding carboxylic acids is 1. The van der Waals surface area contributed by atoms with E-state index < -0.39 is 0 Å². The standard InChI is InChI=1S/C16H16N4O/c1-10-2-3-11(7-18-10)8-20-16(21)14-9-19-15-5-4-12(17)6-13(14)15/h2-7,9,19H,8,17H2,1H3,(H,20,21). The number of anilines is 1. The molecule has 1 amide bonds. The molecule has 0 unspecified atom stereocenters. The third-order valence-electron chi connectivity index (χ3n) is 3.38. The zero-order valence-corrected chi connectivity index (χ0v) is 11.7. The second-order valence-electron chi connectivity index (χ2n) is 5.00. The van der Waals surface area contributed by atoms with E-state index in [-0.39, 0.29) is 5.91 Å². The molecule has 21 heavy (non-hydrogen) atoms. The third kappa shape index (κ3) is 2.72. The molecule has 1 aromatic carbocycles. The highest BCUT2D eigenvalue weighted by Gasteiger charge is 2.11. The molecule has 0 saturated heterocycles. The van der Waals surface area contributed by atoms with Crippen molar-refractivity contribution in [2.75, 3.05) is 5.73 Å². The monoisotopic (exact) mass is 280 g/mol. The number of nitrogens with two attached hydrogens (primary N) is 1. The molecule has 2 heterocycles. The molecule has 5 heteroatoms. The Morgan fingerprint density at radius 3 is 2.95 bits per heavy atom. The summed E-state index contributed by atoms with van der Waals surface area (Å²) >= 11 is 0. The fourth-order valence-corrected chi connectivity index (χ4v) is 2.21. The van der Waals surface area contributed by atoms with Gasteiger partial charge < -0.3 is 16.0 Å². The molecule has 0 aliphatic heterocycles. The number of nitrogens with zero attached hydrogens (tertiary/aromatic N) is 1. The average Bonchev–Trinajstić information content (AvgIpc) is 2.89. The molecular weight excluding hydrogens is 264 g/mol. The van der Waals surface area contributed by atoms with Crippen LogP contribution in [0.4, 0.5) is 5.69 Å². The van der Waals surface area contributed by atoms with Crippen LogP contribution in [0.5, 0.6) is 0 Å². The number of hydrogen-bond acceptors (Lipinski definition) is 3. The Morgan fingerprint density at radius 1 is 1.33 bits per heavy atom. The fraction of sp³-hybridized carbons (Fsp3) is 0.125. The highest BCUT2D eigenvalue weighted by Crippen LogP contribution is 2.20. The van der Waals surface area contributed by atoms with Crippen molar-refractivity contribution in [1.82, 2.24) is 15.3 Å². The van der Waals surface area contributed by atoms with Gasteiger partial charge in [0.15, 0.2) is 0 Å². The Morgan fingerprint density at radius 2 is 2.19 bits per heavy atom. The molecule has 106 valence electrons. The summed E-state index contributed by atoms with van der Waals surface area (Å²) in [5, 5.41) is 3.72. The maximum absolute atomic E-state index is 12.3. The first-order valence-electron chi connectivity index (χ1n) is 6.70. The molecule has 3 aromatic rings. The summed E-state index contributed by atoms with van der Waals surface area (Å²) in [5.74, 6) is -0.132. The van der Waals surface area contributed by atoms with Gasteiger partial charge in [-0.15, -0.1) is 0 Å². The molecule has 0 aliphatic rings. The Labute approximate surface area is 122 Å². The van der Waals surface area contributed by atoms with Crippen molar-refractivity contribution in [3.63, 3.8) is 0 Å². The van der Waals surface area contributed by atoms with Gasteiger partial charge in [0.2, 0.25) is 0 Å². The first kappa shape index (κ1) is 13.2. The van der Waals surface area contributed by atoms with Gasteiger partial charge in [-0.25, -0.2) is 0 Å². The first-order chi connectivity index (χ1) is 10.1. The number of nitrogen functional groups attached to an aromatic ring is 1. The van der Waals surface area contributed by atoms with Crippen molar-refractivity contribution < 1.29 is 4.79 Å². The highest BCUT2D eigenvalue weighted by atomic mass is 16.1. The van der Waals surface area contributed by atoms with Crippen LogP contribution in [0.1, 0.15) is 21.6 Å². The second-order valence-corrected chi connectivity index (χ2v) is 5.00. The number of aromatic amines is 1. The number of aryl methyl sites for hydroxylation is 1. The maximum atomic E-state index is 12.3. The van der Waals surface area contributed by atoms with Crippen molar-refractivity contribution in [3.05, 3.63) is 59.5 Å². The zero-order chi connectivity index (χ0) is 14.8. The van der Waals surface area contributed by atoms with Crippen molar-refractivity contribution in [2.45, 2.75) is 13.5 Å². The van der Waals surface area contributed by atoms with Gasteiger partial charge in [0.05, 0.1) is 5.56 Å². The molecule has 0 saturated carbocycles. The van der Waals surface area contributed by atoms with E-state index in [1.54, 1.807) is 24.5 Å². The molecular formula is C16H16N4O. The summed E-state index contributed by atoms with van der Waals surface area (Å²) in [7, 11) is 0. The molecule has 0 bridgehead atoms. The van der Waals surface area contributed by atoms with Crippen LogP contribution in [0, 0.1) is 6.92 Å². The lowest BCUT2D eigenvalue weighted by Gasteiger charge is -2.05. The molecule has 2 aromatic heterocycles. The first-order valence-corrected chi connectivity index (χ1v) is 6.70. The van der Waals surface area contributed by atoms with Gasteiger partial charge in [-0.05, 0) is 36.8 Å². The predicted molar refractivity (Wildman–Crippen MR) is 82.9 cm³/mol. The molecule has 0 spiro atoms. The quantitative estimate of drug-likeness (QED) is 0.644. The number of nitrogens with one attached hydrogen (secondary N) is 2.